The van der Waals surface area contributed by atoms with Crippen molar-refractivity contribution < 1.29 is 10.2 Å². The molecule has 0 radical (unpaired) electrons. The van der Waals surface area contributed by atoms with E-state index in [-0.39, 0.29) is 11.6 Å². The van der Waals surface area contributed by atoms with Gasteiger partial charge in [0.2, 0.25) is 0 Å². The van der Waals surface area contributed by atoms with Gasteiger partial charge in [0.15, 0.2) is 11.6 Å². The number of nitrogens with zero attached hydrogens (tertiary/aromatic N) is 3. The Labute approximate surface area is 79.7 Å². The fraction of sp³-hybridized carbons (Fsp3) is 0. The molecular weight excluding hydrogens is 182 g/mol. The van der Waals surface area contributed by atoms with Gasteiger partial charge < -0.3 is 10.2 Å². The topological polar surface area (TPSA) is 79.1 Å². The van der Waals surface area contributed by atoms with Crippen LogP contribution in [0.2, 0.25) is 0 Å². The van der Waals surface area contributed by atoms with Gasteiger partial charge in [0.05, 0.1) is 6.20 Å². The van der Waals surface area contributed by atoms with Crippen LogP contribution in [0.4, 0.5) is 0 Å². The van der Waals surface area contributed by atoms with Crippen LogP contribution in [-0.4, -0.2) is 25.2 Å². The number of pyridine rings is 1. The minimum atomic E-state index is -0.444. The second-order valence-electron chi connectivity index (χ2n) is 2.62. The molecule has 5 heteroatoms. The fourth-order valence-corrected chi connectivity index (χ4v) is 0.985. The molecule has 0 saturated carbocycles. The Morgan fingerprint density at radius 3 is 2.57 bits per heavy atom. The molecule has 0 fully saturated rings. The van der Waals surface area contributed by atoms with Crippen LogP contribution in [-0.2, 0) is 0 Å². The van der Waals surface area contributed by atoms with Crippen molar-refractivity contribution in [3.8, 4) is 23.1 Å². The standard InChI is InChI=1S/C9H7N3O2/c13-7-5-11-8(12-9(7)14)6-3-1-2-4-10-6/h1-5,13H,(H,11,12,14). The van der Waals surface area contributed by atoms with Gasteiger partial charge in [0.25, 0.3) is 5.88 Å². The van der Waals surface area contributed by atoms with Gasteiger partial charge >= 0.3 is 0 Å². The van der Waals surface area contributed by atoms with Crippen molar-refractivity contribution in [2.45, 2.75) is 0 Å². The van der Waals surface area contributed by atoms with E-state index >= 15 is 0 Å². The predicted molar refractivity (Wildman–Crippen MR) is 48.6 cm³/mol. The van der Waals surface area contributed by atoms with Gasteiger partial charge in [-0.25, -0.2) is 4.98 Å². The average molecular weight is 189 g/mol. The van der Waals surface area contributed by atoms with Gasteiger partial charge in [-0.3, -0.25) is 4.98 Å². The first-order valence-corrected chi connectivity index (χ1v) is 3.94. The Morgan fingerprint density at radius 2 is 1.93 bits per heavy atom. The van der Waals surface area contributed by atoms with Crippen LogP contribution in [0.5, 0.6) is 11.6 Å². The highest BCUT2D eigenvalue weighted by molar-refractivity contribution is 5.50. The van der Waals surface area contributed by atoms with Crippen LogP contribution in [0.1, 0.15) is 0 Å². The lowest BCUT2D eigenvalue weighted by atomic mass is 10.3. The van der Waals surface area contributed by atoms with Crippen molar-refractivity contribution in [1.29, 1.82) is 0 Å². The first-order valence-electron chi connectivity index (χ1n) is 3.94. The quantitative estimate of drug-likeness (QED) is 0.698. The highest BCUT2D eigenvalue weighted by atomic mass is 16.3. The SMILES string of the molecule is Oc1cnc(-c2ccccn2)nc1O. The monoisotopic (exact) mass is 189 g/mol. The predicted octanol–water partition coefficient (Wildman–Crippen LogP) is 0.950. The summed E-state index contributed by atoms with van der Waals surface area (Å²) in [6, 6.07) is 5.27. The zero-order valence-electron chi connectivity index (χ0n) is 7.12. The number of aromatic hydroxyl groups is 2. The largest absolute Gasteiger partial charge is 0.502 e. The van der Waals surface area contributed by atoms with Gasteiger partial charge in [-0.05, 0) is 12.1 Å². The fourth-order valence-electron chi connectivity index (χ4n) is 0.985. The van der Waals surface area contributed by atoms with E-state index in [4.69, 9.17) is 10.2 Å². The third-order valence-corrected chi connectivity index (χ3v) is 1.64. The summed E-state index contributed by atoms with van der Waals surface area (Å²) < 4.78 is 0. The molecule has 0 spiro atoms. The van der Waals surface area contributed by atoms with Gasteiger partial charge in [0, 0.05) is 6.20 Å². The van der Waals surface area contributed by atoms with E-state index in [1.807, 2.05) is 0 Å². The summed E-state index contributed by atoms with van der Waals surface area (Å²) in [4.78, 5) is 11.5. The summed E-state index contributed by atoms with van der Waals surface area (Å²) in [6.07, 6.45) is 2.73. The number of aromatic nitrogens is 3. The molecule has 0 bridgehead atoms. The van der Waals surface area contributed by atoms with Crippen LogP contribution in [0.3, 0.4) is 0 Å². The van der Waals surface area contributed by atoms with Gasteiger partial charge in [-0.15, -0.1) is 0 Å². The van der Waals surface area contributed by atoms with E-state index in [0.29, 0.717) is 5.69 Å². The first kappa shape index (κ1) is 8.43. The molecule has 0 aliphatic carbocycles. The summed E-state index contributed by atoms with van der Waals surface area (Å²) in [5, 5.41) is 18.1. The van der Waals surface area contributed by atoms with E-state index in [1.54, 1.807) is 24.4 Å². The summed E-state index contributed by atoms with van der Waals surface area (Å²) in [5.74, 6) is -0.508. The van der Waals surface area contributed by atoms with Crippen molar-refractivity contribution >= 4 is 0 Å². The number of hydrogen-bond donors (Lipinski definition) is 2. The molecular formula is C9H7N3O2. The molecule has 0 amide bonds. The second kappa shape index (κ2) is 3.29. The van der Waals surface area contributed by atoms with Gasteiger partial charge in [-0.1, -0.05) is 6.07 Å². The Kier molecular flexibility index (Phi) is 1.98. The zero-order chi connectivity index (χ0) is 9.97. The molecule has 0 aromatic carbocycles. The van der Waals surface area contributed by atoms with Crippen molar-refractivity contribution in [3.05, 3.63) is 30.6 Å². The lowest BCUT2D eigenvalue weighted by Crippen LogP contribution is -1.90. The molecule has 0 aliphatic rings. The molecule has 0 saturated heterocycles. The Bertz CT molecular complexity index is 445. The maximum atomic E-state index is 9.13. The minimum Gasteiger partial charge on any atom is -0.502 e. The molecule has 2 aromatic heterocycles. The van der Waals surface area contributed by atoms with Crippen LogP contribution >= 0.6 is 0 Å². The van der Waals surface area contributed by atoms with Crippen molar-refractivity contribution in [3.63, 3.8) is 0 Å². The first-order chi connectivity index (χ1) is 6.77. The molecule has 2 aromatic rings. The Morgan fingerprint density at radius 1 is 1.07 bits per heavy atom. The summed E-state index contributed by atoms with van der Waals surface area (Å²) in [6.45, 7) is 0. The summed E-state index contributed by atoms with van der Waals surface area (Å²) in [7, 11) is 0. The van der Waals surface area contributed by atoms with E-state index in [1.165, 1.54) is 0 Å². The minimum absolute atomic E-state index is 0.279. The molecule has 0 aliphatic heterocycles. The van der Waals surface area contributed by atoms with E-state index < -0.39 is 5.88 Å². The van der Waals surface area contributed by atoms with Crippen molar-refractivity contribution in [1.82, 2.24) is 15.0 Å². The van der Waals surface area contributed by atoms with Gasteiger partial charge in [-0.2, -0.15) is 4.98 Å². The molecule has 2 N–H and O–H groups in total. The highest BCUT2D eigenvalue weighted by Gasteiger charge is 2.06. The lowest BCUT2D eigenvalue weighted by Gasteiger charge is -1.99. The number of rotatable bonds is 1. The van der Waals surface area contributed by atoms with E-state index in [9.17, 15) is 0 Å². The van der Waals surface area contributed by atoms with Crippen LogP contribution in [0.25, 0.3) is 11.5 Å². The van der Waals surface area contributed by atoms with Crippen LogP contribution in [0.15, 0.2) is 30.6 Å². The molecule has 0 atom stereocenters. The molecule has 5 nitrogen and oxygen atoms in total. The second-order valence-corrected chi connectivity index (χ2v) is 2.62. The molecule has 70 valence electrons. The molecule has 2 rings (SSSR count). The average Bonchev–Trinajstić information content (AvgIpc) is 2.23. The molecule has 0 unspecified atom stereocenters. The highest BCUT2D eigenvalue weighted by Crippen LogP contribution is 2.22. The maximum absolute atomic E-state index is 9.13. The summed E-state index contributed by atoms with van der Waals surface area (Å²) in [5.41, 5.74) is 0.544. The smallest absolute Gasteiger partial charge is 0.258 e. The number of hydrogen-bond acceptors (Lipinski definition) is 5. The van der Waals surface area contributed by atoms with Crippen LogP contribution in [0, 0.1) is 0 Å². The molecule has 2 heterocycles. The normalized spacial score (nSPS) is 10.0. The maximum Gasteiger partial charge on any atom is 0.258 e. The molecule has 14 heavy (non-hydrogen) atoms. The van der Waals surface area contributed by atoms with E-state index in [0.717, 1.165) is 6.20 Å². The Balaban J connectivity index is 2.48. The van der Waals surface area contributed by atoms with E-state index in [2.05, 4.69) is 15.0 Å². The third-order valence-electron chi connectivity index (χ3n) is 1.64. The zero-order valence-corrected chi connectivity index (χ0v) is 7.12. The lowest BCUT2D eigenvalue weighted by molar-refractivity contribution is 0.386. The summed E-state index contributed by atoms with van der Waals surface area (Å²) >= 11 is 0. The van der Waals surface area contributed by atoms with Crippen LogP contribution < -0.4 is 0 Å². The van der Waals surface area contributed by atoms with Gasteiger partial charge in [0.1, 0.15) is 5.69 Å². The third kappa shape index (κ3) is 1.47. The Hall–Kier alpha value is -2.17. The van der Waals surface area contributed by atoms with Crippen molar-refractivity contribution in [2.24, 2.45) is 0 Å². The van der Waals surface area contributed by atoms with Crippen molar-refractivity contribution in [2.75, 3.05) is 0 Å².